The van der Waals surface area contributed by atoms with Gasteiger partial charge in [0.25, 0.3) is 0 Å². The maximum absolute atomic E-state index is 9.90. The summed E-state index contributed by atoms with van der Waals surface area (Å²) < 4.78 is 0. The molecule has 124 valence electrons. The van der Waals surface area contributed by atoms with Crippen molar-refractivity contribution in [3.8, 4) is 0 Å². The molecule has 0 aromatic heterocycles. The van der Waals surface area contributed by atoms with Crippen LogP contribution in [-0.2, 0) is 4.79 Å². The Morgan fingerprint density at radius 2 is 1.20 bits per heavy atom. The van der Waals surface area contributed by atoms with Gasteiger partial charge in [0.1, 0.15) is 30.5 Å². The molecule has 0 fully saturated rings. The highest BCUT2D eigenvalue weighted by Gasteiger charge is 2.29. The molecule has 0 aromatic carbocycles. The molecule has 9 heteroatoms. The second-order valence-corrected chi connectivity index (χ2v) is 3.38. The standard InChI is InChI=1S/C6H12O6.C3H8O3.C2H6/c7-1-3(9)5(11)6(12)4(10)2-8;4-1-3(6)2-5;1-2/h1,3-6,8-12H,2H2;3-6H,1-2H2;1-2H3/t3-,4+,5+,6+;;/m0../s1. The topological polar surface area (TPSA) is 179 Å². The van der Waals surface area contributed by atoms with Crippen molar-refractivity contribution in [1.82, 2.24) is 0 Å². The highest BCUT2D eigenvalue weighted by Crippen LogP contribution is 2.02. The Hall–Kier alpha value is -0.650. The van der Waals surface area contributed by atoms with Gasteiger partial charge in [-0.15, -0.1) is 0 Å². The number of hydrogen-bond donors (Lipinski definition) is 8. The normalized spacial score (nSPS) is 15.9. The van der Waals surface area contributed by atoms with Crippen molar-refractivity contribution in [2.45, 2.75) is 44.4 Å². The summed E-state index contributed by atoms with van der Waals surface area (Å²) in [6, 6.07) is 0. The number of carbonyl (C=O) groups is 1. The van der Waals surface area contributed by atoms with Crippen molar-refractivity contribution >= 4 is 6.29 Å². The molecule has 0 aliphatic rings. The predicted octanol–water partition coefficient (Wildman–Crippen LogP) is -4.02. The molecule has 8 N–H and O–H groups in total. The van der Waals surface area contributed by atoms with Gasteiger partial charge in [-0.2, -0.15) is 0 Å². The molecule has 4 atom stereocenters. The summed E-state index contributed by atoms with van der Waals surface area (Å²) in [4.78, 5) is 9.90. The van der Waals surface area contributed by atoms with Gasteiger partial charge in [-0.3, -0.25) is 0 Å². The highest BCUT2D eigenvalue weighted by atomic mass is 16.4. The summed E-state index contributed by atoms with van der Waals surface area (Å²) >= 11 is 0. The fourth-order valence-electron chi connectivity index (χ4n) is 0.676. The second kappa shape index (κ2) is 16.4. The fourth-order valence-corrected chi connectivity index (χ4v) is 0.676. The van der Waals surface area contributed by atoms with Gasteiger partial charge in [-0.25, -0.2) is 0 Å². The Kier molecular flexibility index (Phi) is 20.0. The molecule has 9 nitrogen and oxygen atoms in total. The minimum absolute atomic E-state index is 0.0258. The van der Waals surface area contributed by atoms with Crippen molar-refractivity contribution in [2.75, 3.05) is 19.8 Å². The zero-order valence-electron chi connectivity index (χ0n) is 11.6. The monoisotopic (exact) mass is 302 g/mol. The first kappa shape index (κ1) is 24.4. The van der Waals surface area contributed by atoms with E-state index in [0.717, 1.165) is 0 Å². The van der Waals surface area contributed by atoms with E-state index < -0.39 is 37.1 Å². The molecule has 0 amide bonds. The zero-order chi connectivity index (χ0) is 16.7. The first-order chi connectivity index (χ1) is 9.35. The van der Waals surface area contributed by atoms with Crippen molar-refractivity contribution in [3.05, 3.63) is 0 Å². The lowest BCUT2D eigenvalue weighted by molar-refractivity contribution is -0.136. The first-order valence-corrected chi connectivity index (χ1v) is 6.03. The SMILES string of the molecule is CC.O=C[C@H](O)[C@@H](O)[C@H](O)[C@H](O)CO.OCC(O)CO. The number of aliphatic hydroxyl groups excluding tert-OH is 8. The predicted molar refractivity (Wildman–Crippen MR) is 68.7 cm³/mol. The van der Waals surface area contributed by atoms with Crippen molar-refractivity contribution in [3.63, 3.8) is 0 Å². The molecule has 20 heavy (non-hydrogen) atoms. The van der Waals surface area contributed by atoms with Crippen LogP contribution in [0.3, 0.4) is 0 Å². The van der Waals surface area contributed by atoms with E-state index in [1.165, 1.54) is 0 Å². The lowest BCUT2D eigenvalue weighted by Gasteiger charge is -2.22. The first-order valence-electron chi connectivity index (χ1n) is 6.03. The maximum atomic E-state index is 9.90. The van der Waals surface area contributed by atoms with Crippen molar-refractivity contribution in [2.24, 2.45) is 0 Å². The van der Waals surface area contributed by atoms with Gasteiger partial charge in [0, 0.05) is 0 Å². The molecule has 0 aromatic rings. The van der Waals surface area contributed by atoms with Crippen molar-refractivity contribution < 1.29 is 45.6 Å². The summed E-state index contributed by atoms with van der Waals surface area (Å²) in [5.74, 6) is 0. The molecule has 0 bridgehead atoms. The van der Waals surface area contributed by atoms with E-state index in [4.69, 9.17) is 40.9 Å². The van der Waals surface area contributed by atoms with E-state index in [9.17, 15) is 4.79 Å². The van der Waals surface area contributed by atoms with Gasteiger partial charge in [-0.05, 0) is 0 Å². The van der Waals surface area contributed by atoms with Crippen LogP contribution in [0.5, 0.6) is 0 Å². The lowest BCUT2D eigenvalue weighted by atomic mass is 10.0. The third kappa shape index (κ3) is 12.4. The summed E-state index contributed by atoms with van der Waals surface area (Å²) in [5.41, 5.74) is 0. The van der Waals surface area contributed by atoms with Gasteiger partial charge in [-0.1, -0.05) is 13.8 Å². The van der Waals surface area contributed by atoms with Crippen LogP contribution in [0.2, 0.25) is 0 Å². The minimum Gasteiger partial charge on any atom is -0.394 e. The Balaban J connectivity index is -0.000000304. The Morgan fingerprint density at radius 1 is 0.800 bits per heavy atom. The number of aldehydes is 1. The van der Waals surface area contributed by atoms with Gasteiger partial charge in [0.15, 0.2) is 6.29 Å². The molecule has 0 unspecified atom stereocenters. The second-order valence-electron chi connectivity index (χ2n) is 3.38. The third-order valence-corrected chi connectivity index (χ3v) is 1.84. The highest BCUT2D eigenvalue weighted by molar-refractivity contribution is 5.56. The van der Waals surface area contributed by atoms with Gasteiger partial charge in [0.2, 0.25) is 0 Å². The molecular formula is C11H26O9. The van der Waals surface area contributed by atoms with Crippen LogP contribution in [0.25, 0.3) is 0 Å². The van der Waals surface area contributed by atoms with Crippen LogP contribution in [-0.4, -0.2) is 97.5 Å². The molecule has 0 saturated carbocycles. The average Bonchev–Trinajstić information content (AvgIpc) is 2.53. The van der Waals surface area contributed by atoms with Crippen LogP contribution < -0.4 is 0 Å². The molecule has 0 radical (unpaired) electrons. The molecule has 0 rings (SSSR count). The summed E-state index contributed by atoms with van der Waals surface area (Å²) in [6.07, 6.45) is -7.79. The van der Waals surface area contributed by atoms with E-state index in [-0.39, 0.29) is 19.5 Å². The van der Waals surface area contributed by atoms with Gasteiger partial charge >= 0.3 is 0 Å². The molecule has 0 saturated heterocycles. The third-order valence-electron chi connectivity index (χ3n) is 1.84. The van der Waals surface area contributed by atoms with E-state index in [0.29, 0.717) is 0 Å². The molecule has 0 aliphatic heterocycles. The minimum atomic E-state index is -1.79. The summed E-state index contributed by atoms with van der Waals surface area (Å²) in [7, 11) is 0. The lowest BCUT2D eigenvalue weighted by Crippen LogP contribution is -2.46. The van der Waals surface area contributed by atoms with Crippen molar-refractivity contribution in [1.29, 1.82) is 0 Å². The van der Waals surface area contributed by atoms with E-state index >= 15 is 0 Å². The Bertz CT molecular complexity index is 198. The summed E-state index contributed by atoms with van der Waals surface area (Å²) in [6.45, 7) is 2.51. The summed E-state index contributed by atoms with van der Waals surface area (Å²) in [5, 5.41) is 67.6. The smallest absolute Gasteiger partial charge is 0.151 e. The van der Waals surface area contributed by atoms with Gasteiger partial charge < -0.3 is 45.6 Å². The Morgan fingerprint density at radius 3 is 1.40 bits per heavy atom. The maximum Gasteiger partial charge on any atom is 0.151 e. The zero-order valence-corrected chi connectivity index (χ0v) is 11.6. The number of hydrogen-bond acceptors (Lipinski definition) is 9. The number of carbonyl (C=O) groups excluding carboxylic acids is 1. The Labute approximate surface area is 117 Å². The van der Waals surface area contributed by atoms with Crippen LogP contribution in [0.4, 0.5) is 0 Å². The van der Waals surface area contributed by atoms with E-state index in [1.807, 2.05) is 13.8 Å². The number of rotatable bonds is 7. The van der Waals surface area contributed by atoms with E-state index in [1.54, 1.807) is 0 Å². The largest absolute Gasteiger partial charge is 0.394 e. The fraction of sp³-hybridized carbons (Fsp3) is 0.909. The van der Waals surface area contributed by atoms with Crippen LogP contribution in [0, 0.1) is 0 Å². The van der Waals surface area contributed by atoms with Crippen LogP contribution in [0.1, 0.15) is 13.8 Å². The van der Waals surface area contributed by atoms with Crippen LogP contribution in [0.15, 0.2) is 0 Å². The van der Waals surface area contributed by atoms with Gasteiger partial charge in [0.05, 0.1) is 19.8 Å². The quantitative estimate of drug-likeness (QED) is 0.217. The van der Waals surface area contributed by atoms with Crippen LogP contribution >= 0.6 is 0 Å². The number of aliphatic hydroxyl groups is 8. The molecule has 0 aliphatic carbocycles. The van der Waals surface area contributed by atoms with E-state index in [2.05, 4.69) is 0 Å². The molecule has 0 spiro atoms. The molecular weight excluding hydrogens is 276 g/mol. The average molecular weight is 302 g/mol. The molecule has 0 heterocycles.